The van der Waals surface area contributed by atoms with Crippen molar-refractivity contribution in [1.82, 2.24) is 10.2 Å². The molecule has 0 aliphatic carbocycles. The van der Waals surface area contributed by atoms with E-state index in [4.69, 9.17) is 16.3 Å². The second-order valence-corrected chi connectivity index (χ2v) is 9.06. The Morgan fingerprint density at radius 3 is 2.68 bits per heavy atom. The minimum Gasteiger partial charge on any atom is -0.394 e. The number of ether oxygens (including phenoxy) is 1. The van der Waals surface area contributed by atoms with E-state index in [9.17, 15) is 19.5 Å². The summed E-state index contributed by atoms with van der Waals surface area (Å²) in [4.78, 5) is 41.3. The Bertz CT molecular complexity index is 878. The number of amides is 3. The number of carbonyl (C=O) groups is 3. The minimum absolute atomic E-state index is 0.206. The van der Waals surface area contributed by atoms with E-state index in [0.29, 0.717) is 30.1 Å². The number of nitrogens with one attached hydrogen (secondary N) is 2. The lowest BCUT2D eigenvalue weighted by Crippen LogP contribution is -2.55. The van der Waals surface area contributed by atoms with Crippen LogP contribution in [0.5, 0.6) is 0 Å². The van der Waals surface area contributed by atoms with Gasteiger partial charge in [-0.2, -0.15) is 0 Å². The first kappa shape index (κ1) is 22.0. The number of fused-ring (bicyclic) bond motifs is 1. The molecule has 3 aliphatic rings. The van der Waals surface area contributed by atoms with Crippen molar-refractivity contribution in [3.05, 3.63) is 29.3 Å². The van der Waals surface area contributed by atoms with E-state index in [1.54, 1.807) is 31.2 Å². The normalized spacial score (nSPS) is 32.1. The van der Waals surface area contributed by atoms with Crippen molar-refractivity contribution < 1.29 is 24.2 Å². The van der Waals surface area contributed by atoms with Gasteiger partial charge in [-0.15, -0.1) is 0 Å². The zero-order valence-corrected chi connectivity index (χ0v) is 18.4. The molecule has 0 radical (unpaired) electrons. The summed E-state index contributed by atoms with van der Waals surface area (Å²) in [5.74, 6) is -2.28. The van der Waals surface area contributed by atoms with Gasteiger partial charge in [0.1, 0.15) is 11.6 Å². The molecule has 3 heterocycles. The quantitative estimate of drug-likeness (QED) is 0.585. The molecule has 31 heavy (non-hydrogen) atoms. The number of likely N-dealkylation sites (tertiary alicyclic amines) is 1. The molecule has 2 bridgehead atoms. The third-order valence-corrected chi connectivity index (χ3v) is 6.94. The fourth-order valence-corrected chi connectivity index (χ4v) is 5.49. The summed E-state index contributed by atoms with van der Waals surface area (Å²) in [5, 5.41) is 16.1. The molecule has 4 rings (SSSR count). The van der Waals surface area contributed by atoms with Gasteiger partial charge in [0.25, 0.3) is 0 Å². The zero-order valence-electron chi connectivity index (χ0n) is 17.6. The van der Waals surface area contributed by atoms with Gasteiger partial charge in [0.15, 0.2) is 0 Å². The van der Waals surface area contributed by atoms with Crippen molar-refractivity contribution in [2.75, 3.05) is 18.5 Å². The lowest BCUT2D eigenvalue weighted by molar-refractivity contribution is -0.143. The zero-order chi connectivity index (χ0) is 22.3. The number of nitrogens with zero attached hydrogens (tertiary/aromatic N) is 1. The maximum atomic E-state index is 13.5. The van der Waals surface area contributed by atoms with Crippen LogP contribution in [0, 0.1) is 11.8 Å². The Labute approximate surface area is 186 Å². The molecule has 3 aliphatic heterocycles. The molecule has 6 atom stereocenters. The van der Waals surface area contributed by atoms with Gasteiger partial charge in [0.2, 0.25) is 17.7 Å². The summed E-state index contributed by atoms with van der Waals surface area (Å²) in [6, 6.07) is 5.17. The molecular weight excluding hydrogens is 422 g/mol. The van der Waals surface area contributed by atoms with Crippen molar-refractivity contribution in [2.45, 2.75) is 56.9 Å². The van der Waals surface area contributed by atoms with Crippen molar-refractivity contribution in [1.29, 1.82) is 0 Å². The topological polar surface area (TPSA) is 108 Å². The standard InChI is InChI=1S/C22H28ClN3O5/c1-3-10-24-19(28)16-15-8-9-22(31-15)17(16)21(30)26(12(2)11-27)18(22)20(29)25-14-6-4-13(23)5-7-14/h4-7,12,15-18,27H,3,8-11H2,1-2H3,(H,24,28)(H,25,29)/t12-,15-,16+,17+,18?,22?/m1/s1. The SMILES string of the molecule is CCCNC(=O)[C@@H]1[C@H]2C(=O)N([C@H](C)CO)C(C(=O)Nc3ccc(Cl)cc3)C23CC[C@H]1O3. The summed E-state index contributed by atoms with van der Waals surface area (Å²) >= 11 is 5.93. The number of aliphatic hydroxyl groups is 1. The number of aliphatic hydroxyl groups excluding tert-OH is 1. The first-order valence-corrected chi connectivity index (χ1v) is 11.2. The van der Waals surface area contributed by atoms with Crippen molar-refractivity contribution in [3.63, 3.8) is 0 Å². The van der Waals surface area contributed by atoms with Gasteiger partial charge >= 0.3 is 0 Å². The minimum atomic E-state index is -1.07. The molecule has 9 heteroatoms. The van der Waals surface area contributed by atoms with E-state index in [-0.39, 0.29) is 24.5 Å². The molecule has 3 saturated heterocycles. The molecule has 168 valence electrons. The molecule has 1 aromatic carbocycles. The number of rotatable bonds is 7. The van der Waals surface area contributed by atoms with Crippen LogP contribution in [-0.4, -0.2) is 64.7 Å². The predicted octanol–water partition coefficient (Wildman–Crippen LogP) is 1.56. The van der Waals surface area contributed by atoms with Crippen LogP contribution < -0.4 is 10.6 Å². The van der Waals surface area contributed by atoms with E-state index in [1.165, 1.54) is 4.90 Å². The number of hydrogen-bond acceptors (Lipinski definition) is 5. The predicted molar refractivity (Wildman–Crippen MR) is 114 cm³/mol. The summed E-state index contributed by atoms with van der Waals surface area (Å²) in [6.45, 7) is 3.88. The molecule has 3 N–H and O–H groups in total. The third-order valence-electron chi connectivity index (χ3n) is 6.69. The average molecular weight is 450 g/mol. The summed E-state index contributed by atoms with van der Waals surface area (Å²) < 4.78 is 6.30. The van der Waals surface area contributed by atoms with E-state index in [2.05, 4.69) is 10.6 Å². The highest BCUT2D eigenvalue weighted by molar-refractivity contribution is 6.30. The first-order chi connectivity index (χ1) is 14.8. The molecule has 3 fully saturated rings. The molecule has 0 saturated carbocycles. The van der Waals surface area contributed by atoms with Crippen molar-refractivity contribution in [3.8, 4) is 0 Å². The van der Waals surface area contributed by atoms with Crippen LogP contribution in [0.1, 0.15) is 33.1 Å². The number of halogens is 1. The third kappa shape index (κ3) is 3.50. The largest absolute Gasteiger partial charge is 0.394 e. The maximum absolute atomic E-state index is 13.5. The van der Waals surface area contributed by atoms with Crippen LogP contribution in [0.25, 0.3) is 0 Å². The molecule has 0 aromatic heterocycles. The highest BCUT2D eigenvalue weighted by atomic mass is 35.5. The summed E-state index contributed by atoms with van der Waals surface area (Å²) in [7, 11) is 0. The van der Waals surface area contributed by atoms with Crippen LogP contribution in [0.3, 0.4) is 0 Å². The Hall–Kier alpha value is -2.16. The maximum Gasteiger partial charge on any atom is 0.250 e. The van der Waals surface area contributed by atoms with E-state index >= 15 is 0 Å². The number of benzene rings is 1. The van der Waals surface area contributed by atoms with Crippen LogP contribution >= 0.6 is 11.6 Å². The molecule has 8 nitrogen and oxygen atoms in total. The first-order valence-electron chi connectivity index (χ1n) is 10.8. The molecule has 1 aromatic rings. The molecular formula is C22H28ClN3O5. The van der Waals surface area contributed by atoms with Crippen LogP contribution in [0.15, 0.2) is 24.3 Å². The highest BCUT2D eigenvalue weighted by Crippen LogP contribution is 2.58. The van der Waals surface area contributed by atoms with E-state index in [0.717, 1.165) is 6.42 Å². The van der Waals surface area contributed by atoms with Crippen molar-refractivity contribution >= 4 is 35.0 Å². The Morgan fingerprint density at radius 1 is 1.32 bits per heavy atom. The lowest BCUT2D eigenvalue weighted by atomic mass is 9.70. The average Bonchev–Trinajstić information content (AvgIpc) is 3.40. The second-order valence-electron chi connectivity index (χ2n) is 8.62. The lowest BCUT2D eigenvalue weighted by Gasteiger charge is -2.35. The van der Waals surface area contributed by atoms with Gasteiger partial charge in [-0.25, -0.2) is 0 Å². The van der Waals surface area contributed by atoms with E-state index < -0.39 is 35.4 Å². The highest BCUT2D eigenvalue weighted by Gasteiger charge is 2.74. The van der Waals surface area contributed by atoms with Gasteiger partial charge in [-0.05, 0) is 50.5 Å². The molecule has 2 unspecified atom stereocenters. The van der Waals surface area contributed by atoms with E-state index in [1.807, 2.05) is 6.92 Å². The number of hydrogen-bond donors (Lipinski definition) is 3. The summed E-state index contributed by atoms with van der Waals surface area (Å²) in [5.41, 5.74) is -0.529. The Morgan fingerprint density at radius 2 is 2.03 bits per heavy atom. The van der Waals surface area contributed by atoms with Gasteiger partial charge < -0.3 is 25.4 Å². The van der Waals surface area contributed by atoms with Crippen LogP contribution in [0.2, 0.25) is 5.02 Å². The van der Waals surface area contributed by atoms with Crippen LogP contribution in [-0.2, 0) is 19.1 Å². The second kappa shape index (κ2) is 8.41. The fraction of sp³-hybridized carbons (Fsp3) is 0.591. The van der Waals surface area contributed by atoms with Gasteiger partial charge in [0, 0.05) is 17.3 Å². The Kier molecular flexibility index (Phi) is 5.98. The summed E-state index contributed by atoms with van der Waals surface area (Å²) in [6.07, 6.45) is 1.52. The Balaban J connectivity index is 1.68. The van der Waals surface area contributed by atoms with Crippen molar-refractivity contribution in [2.24, 2.45) is 11.8 Å². The van der Waals surface area contributed by atoms with Gasteiger partial charge in [-0.3, -0.25) is 14.4 Å². The van der Waals surface area contributed by atoms with Crippen LogP contribution in [0.4, 0.5) is 5.69 Å². The van der Waals surface area contributed by atoms with Gasteiger partial charge in [0.05, 0.1) is 30.6 Å². The molecule has 1 spiro atoms. The number of anilines is 1. The molecule has 3 amide bonds. The monoisotopic (exact) mass is 449 g/mol. The number of carbonyl (C=O) groups excluding carboxylic acids is 3. The van der Waals surface area contributed by atoms with Gasteiger partial charge in [-0.1, -0.05) is 18.5 Å². The smallest absolute Gasteiger partial charge is 0.250 e. The fourth-order valence-electron chi connectivity index (χ4n) is 5.36.